The smallest absolute Gasteiger partial charge is 0.225 e. The first kappa shape index (κ1) is 22.6. The Labute approximate surface area is 167 Å². The molecule has 158 valence electrons. The Morgan fingerprint density at radius 2 is 1.33 bits per heavy atom. The van der Waals surface area contributed by atoms with Crippen molar-refractivity contribution in [2.75, 3.05) is 39.3 Å². The van der Waals surface area contributed by atoms with E-state index in [0.29, 0.717) is 23.9 Å². The lowest BCUT2D eigenvalue weighted by Crippen LogP contribution is -2.62. The van der Waals surface area contributed by atoms with Crippen LogP contribution >= 0.6 is 0 Å². The summed E-state index contributed by atoms with van der Waals surface area (Å²) in [7, 11) is 0. The van der Waals surface area contributed by atoms with Gasteiger partial charge in [-0.05, 0) is 58.8 Å². The van der Waals surface area contributed by atoms with Crippen LogP contribution in [0.4, 0.5) is 0 Å². The minimum Gasteiger partial charge on any atom is -0.389 e. The van der Waals surface area contributed by atoms with Crippen LogP contribution in [0.2, 0.25) is 0 Å². The molecule has 3 aliphatic rings. The molecule has 0 atom stereocenters. The molecule has 1 amide bonds. The summed E-state index contributed by atoms with van der Waals surface area (Å²) in [6.45, 7) is 18.8. The molecule has 0 unspecified atom stereocenters. The maximum absolute atomic E-state index is 12.7. The van der Waals surface area contributed by atoms with Gasteiger partial charge < -0.3 is 14.9 Å². The molecule has 0 aromatic heterocycles. The molecule has 3 saturated heterocycles. The summed E-state index contributed by atoms with van der Waals surface area (Å²) in [5.74, 6) is 0.162. The molecule has 3 heterocycles. The van der Waals surface area contributed by atoms with Gasteiger partial charge in [0.05, 0.1) is 12.0 Å². The van der Waals surface area contributed by atoms with Crippen molar-refractivity contribution in [2.45, 2.75) is 91.3 Å². The molecule has 3 aliphatic heterocycles. The molecular weight excluding hydrogens is 338 g/mol. The number of aliphatic hydroxyl groups is 1. The van der Waals surface area contributed by atoms with E-state index >= 15 is 0 Å². The van der Waals surface area contributed by atoms with Crippen molar-refractivity contribution in [1.82, 2.24) is 14.7 Å². The monoisotopic (exact) mass is 381 g/mol. The van der Waals surface area contributed by atoms with Gasteiger partial charge in [0.25, 0.3) is 0 Å². The summed E-state index contributed by atoms with van der Waals surface area (Å²) in [6, 6.07) is 1.16. The Hall–Kier alpha value is -0.650. The first-order valence-corrected chi connectivity index (χ1v) is 11.2. The predicted molar refractivity (Wildman–Crippen MR) is 112 cm³/mol. The van der Waals surface area contributed by atoms with Gasteiger partial charge >= 0.3 is 0 Å². The minimum atomic E-state index is -0.789. The fourth-order valence-electron chi connectivity index (χ4n) is 4.75. The number of carbonyl (C=O) groups is 1. The summed E-state index contributed by atoms with van der Waals surface area (Å²) in [5.41, 5.74) is -0.330. The highest BCUT2D eigenvalue weighted by Gasteiger charge is 2.46. The number of likely N-dealkylation sites (tertiary alicyclic amines) is 3. The summed E-state index contributed by atoms with van der Waals surface area (Å²) >= 11 is 0. The van der Waals surface area contributed by atoms with Crippen LogP contribution in [0, 0.1) is 5.41 Å². The van der Waals surface area contributed by atoms with Crippen molar-refractivity contribution < 1.29 is 9.90 Å². The average Bonchev–Trinajstić information content (AvgIpc) is 2.61. The van der Waals surface area contributed by atoms with Gasteiger partial charge in [-0.3, -0.25) is 9.69 Å². The number of amides is 1. The molecule has 0 aromatic carbocycles. The molecule has 0 aromatic rings. The zero-order valence-electron chi connectivity index (χ0n) is 18.6. The number of rotatable bonds is 4. The summed E-state index contributed by atoms with van der Waals surface area (Å²) in [4.78, 5) is 19.6. The fourth-order valence-corrected chi connectivity index (χ4v) is 4.75. The second-order valence-electron chi connectivity index (χ2n) is 9.41. The number of carbonyl (C=O) groups excluding carboxylic acids is 1. The third kappa shape index (κ3) is 5.45. The molecule has 1 N–H and O–H groups in total. The van der Waals surface area contributed by atoms with Gasteiger partial charge in [0.2, 0.25) is 5.91 Å². The van der Waals surface area contributed by atoms with Crippen LogP contribution in [-0.4, -0.2) is 82.7 Å². The standard InChI is InChI=1S/C20H37N3O2.C2H6/c1-16(2)21-11-7-20(25,8-12-21)13-18(24)22-9-5-19(6-10-22)14-23(15-19)17(3)4;1-2/h16-17,25H,5-15H2,1-4H3;1-2H3. The van der Waals surface area contributed by atoms with Crippen LogP contribution in [0.25, 0.3) is 0 Å². The molecule has 3 fully saturated rings. The topological polar surface area (TPSA) is 47.0 Å². The van der Waals surface area contributed by atoms with E-state index < -0.39 is 5.60 Å². The van der Waals surface area contributed by atoms with Gasteiger partial charge in [0.1, 0.15) is 0 Å². The average molecular weight is 382 g/mol. The predicted octanol–water partition coefficient (Wildman–Crippen LogP) is 2.97. The second kappa shape index (κ2) is 9.23. The number of piperidine rings is 2. The number of hydrogen-bond acceptors (Lipinski definition) is 4. The third-order valence-electron chi connectivity index (χ3n) is 6.92. The highest BCUT2D eigenvalue weighted by atomic mass is 16.3. The Balaban J connectivity index is 0.00000126. The van der Waals surface area contributed by atoms with Gasteiger partial charge in [-0.25, -0.2) is 0 Å². The first-order valence-electron chi connectivity index (χ1n) is 11.2. The molecule has 5 heteroatoms. The molecule has 1 spiro atoms. The van der Waals surface area contributed by atoms with Gasteiger partial charge in [0.15, 0.2) is 0 Å². The highest BCUT2D eigenvalue weighted by molar-refractivity contribution is 5.77. The maximum atomic E-state index is 12.7. The van der Waals surface area contributed by atoms with Crippen LogP contribution in [0.5, 0.6) is 0 Å². The molecule has 0 bridgehead atoms. The Morgan fingerprint density at radius 1 is 0.852 bits per heavy atom. The molecule has 5 nitrogen and oxygen atoms in total. The van der Waals surface area contributed by atoms with E-state index in [-0.39, 0.29) is 5.91 Å². The summed E-state index contributed by atoms with van der Waals surface area (Å²) in [5, 5.41) is 10.8. The first-order chi connectivity index (χ1) is 12.7. The molecule has 3 rings (SSSR count). The number of nitrogens with zero attached hydrogens (tertiary/aromatic N) is 3. The van der Waals surface area contributed by atoms with Gasteiger partial charge in [-0.15, -0.1) is 0 Å². The van der Waals surface area contributed by atoms with E-state index in [2.05, 4.69) is 37.5 Å². The third-order valence-corrected chi connectivity index (χ3v) is 6.92. The normalized spacial score (nSPS) is 25.3. The largest absolute Gasteiger partial charge is 0.389 e. The van der Waals surface area contributed by atoms with Crippen LogP contribution in [0.1, 0.15) is 73.6 Å². The lowest BCUT2D eigenvalue weighted by atomic mass is 9.71. The Kier molecular flexibility index (Phi) is 7.74. The van der Waals surface area contributed by atoms with Crippen LogP contribution in [0.3, 0.4) is 0 Å². The highest BCUT2D eigenvalue weighted by Crippen LogP contribution is 2.41. The van der Waals surface area contributed by atoms with E-state index in [9.17, 15) is 9.90 Å². The Bertz CT molecular complexity index is 468. The molecule has 27 heavy (non-hydrogen) atoms. The van der Waals surface area contributed by atoms with Gasteiger partial charge in [0, 0.05) is 51.4 Å². The molecule has 0 saturated carbocycles. The quantitative estimate of drug-likeness (QED) is 0.813. The SMILES string of the molecule is CC.CC(C)N1CCC(O)(CC(=O)N2CCC3(CC2)CN(C(C)C)C3)CC1. The zero-order valence-corrected chi connectivity index (χ0v) is 18.6. The van der Waals surface area contributed by atoms with Crippen molar-refractivity contribution in [3.8, 4) is 0 Å². The van der Waals surface area contributed by atoms with Crippen LogP contribution in [0.15, 0.2) is 0 Å². The van der Waals surface area contributed by atoms with E-state index in [1.165, 1.54) is 13.1 Å². The fraction of sp³-hybridized carbons (Fsp3) is 0.955. The van der Waals surface area contributed by atoms with E-state index in [4.69, 9.17) is 0 Å². The minimum absolute atomic E-state index is 0.162. The van der Waals surface area contributed by atoms with E-state index in [1.807, 2.05) is 18.7 Å². The lowest BCUT2D eigenvalue weighted by Gasteiger charge is -2.55. The van der Waals surface area contributed by atoms with Crippen molar-refractivity contribution in [2.24, 2.45) is 5.41 Å². The summed E-state index contributed by atoms with van der Waals surface area (Å²) < 4.78 is 0. The lowest BCUT2D eigenvalue weighted by molar-refractivity contribution is -0.144. The van der Waals surface area contributed by atoms with Crippen molar-refractivity contribution in [1.29, 1.82) is 0 Å². The van der Waals surface area contributed by atoms with Crippen LogP contribution < -0.4 is 0 Å². The maximum Gasteiger partial charge on any atom is 0.225 e. The van der Waals surface area contributed by atoms with Crippen molar-refractivity contribution in [3.05, 3.63) is 0 Å². The van der Waals surface area contributed by atoms with Gasteiger partial charge in [-0.1, -0.05) is 13.8 Å². The van der Waals surface area contributed by atoms with Crippen molar-refractivity contribution >= 4 is 5.91 Å². The van der Waals surface area contributed by atoms with E-state index in [1.54, 1.807) is 0 Å². The molecular formula is C22H43N3O2. The molecule has 0 aliphatic carbocycles. The van der Waals surface area contributed by atoms with E-state index in [0.717, 1.165) is 51.9 Å². The van der Waals surface area contributed by atoms with Crippen molar-refractivity contribution in [3.63, 3.8) is 0 Å². The number of hydrogen-bond donors (Lipinski definition) is 1. The zero-order chi connectivity index (χ0) is 20.2. The molecule has 0 radical (unpaired) electrons. The van der Waals surface area contributed by atoms with Gasteiger partial charge in [-0.2, -0.15) is 0 Å². The van der Waals surface area contributed by atoms with Crippen LogP contribution in [-0.2, 0) is 4.79 Å². The summed E-state index contributed by atoms with van der Waals surface area (Å²) in [6.07, 6.45) is 4.00. The second-order valence-corrected chi connectivity index (χ2v) is 9.41. The Morgan fingerprint density at radius 3 is 1.78 bits per heavy atom.